The summed E-state index contributed by atoms with van der Waals surface area (Å²) in [4.78, 5) is 12.8. The van der Waals surface area contributed by atoms with E-state index in [-0.39, 0.29) is 28.6 Å². The zero-order valence-electron chi connectivity index (χ0n) is 17.1. The van der Waals surface area contributed by atoms with Crippen LogP contribution in [0.4, 0.5) is 0 Å². The number of carbonyl (C=O) groups excluding carboxylic acids is 1. The van der Waals surface area contributed by atoms with Crippen LogP contribution in [-0.2, 0) is 21.4 Å². The monoisotopic (exact) mass is 380 g/mol. The molecule has 6 aliphatic rings. The maximum Gasteiger partial charge on any atom is 0.166 e. The molecule has 2 fully saturated rings. The van der Waals surface area contributed by atoms with Gasteiger partial charge in [-0.05, 0) is 56.1 Å². The highest BCUT2D eigenvalue weighted by Crippen LogP contribution is 2.77. The van der Waals surface area contributed by atoms with Crippen LogP contribution in [0.1, 0.15) is 44.2 Å². The highest BCUT2D eigenvalue weighted by molar-refractivity contribution is 5.82. The second kappa shape index (κ2) is 5.02. The predicted octanol–water partition coefficient (Wildman–Crippen LogP) is 3.85. The number of fused-ring (bicyclic) bond motifs is 1. The zero-order valence-corrected chi connectivity index (χ0v) is 17.1. The first-order valence-electron chi connectivity index (χ1n) is 10.6. The summed E-state index contributed by atoms with van der Waals surface area (Å²) in [6, 6.07) is 4.30. The molecule has 1 aromatic rings. The third-order valence-electron chi connectivity index (χ3n) is 9.15. The van der Waals surface area contributed by atoms with Crippen molar-refractivity contribution in [2.24, 2.45) is 23.2 Å². The Kier molecular flexibility index (Phi) is 3.06. The number of allylic oxidation sites excluding steroid dienone is 1. The molecule has 1 aliphatic heterocycles. The standard InChI is InChI=1S/C24H28O4/c1-13-7-8-23-19-15-5-6-18(26-3)20(19)28-21(23)24(27-4)10-9-22(23,16(13)11-15)12-17(24)14(2)25/h5-6,9-10,13,16-17,21H,7-8,11-12H2,1-4H3/t13?,16-,17+,21+,22?,23-,24+/m0/s1. The minimum atomic E-state index is -0.697. The van der Waals surface area contributed by atoms with Crippen LogP contribution < -0.4 is 9.47 Å². The molecule has 4 bridgehead atoms. The number of carbonyl (C=O) groups is 1. The molecule has 28 heavy (non-hydrogen) atoms. The van der Waals surface area contributed by atoms with Gasteiger partial charge >= 0.3 is 0 Å². The lowest BCUT2D eigenvalue weighted by molar-refractivity contribution is -0.213. The Morgan fingerprint density at radius 1 is 1.25 bits per heavy atom. The van der Waals surface area contributed by atoms with Gasteiger partial charge in [-0.15, -0.1) is 0 Å². The van der Waals surface area contributed by atoms with Crippen LogP contribution in [0.25, 0.3) is 0 Å². The lowest BCUT2D eigenvalue weighted by Gasteiger charge is -2.70. The summed E-state index contributed by atoms with van der Waals surface area (Å²) in [6.45, 7) is 4.12. The van der Waals surface area contributed by atoms with Gasteiger partial charge in [-0.3, -0.25) is 4.79 Å². The molecule has 148 valence electrons. The van der Waals surface area contributed by atoms with Crippen molar-refractivity contribution in [3.63, 3.8) is 0 Å². The number of ketones is 1. The Morgan fingerprint density at radius 3 is 2.79 bits per heavy atom. The van der Waals surface area contributed by atoms with E-state index in [2.05, 4.69) is 31.2 Å². The van der Waals surface area contributed by atoms with Crippen LogP contribution in [0, 0.1) is 23.2 Å². The molecule has 0 radical (unpaired) electrons. The molecule has 7 rings (SSSR count). The Morgan fingerprint density at radius 2 is 2.07 bits per heavy atom. The molecular formula is C24H28O4. The van der Waals surface area contributed by atoms with Gasteiger partial charge in [-0.1, -0.05) is 25.1 Å². The molecule has 4 nitrogen and oxygen atoms in total. The van der Waals surface area contributed by atoms with Gasteiger partial charge in [0, 0.05) is 23.5 Å². The number of benzene rings is 1. The first-order chi connectivity index (χ1) is 13.4. The van der Waals surface area contributed by atoms with E-state index in [9.17, 15) is 4.79 Å². The first-order valence-corrected chi connectivity index (χ1v) is 10.6. The molecular weight excluding hydrogens is 352 g/mol. The summed E-state index contributed by atoms with van der Waals surface area (Å²) >= 11 is 0. The van der Waals surface area contributed by atoms with Gasteiger partial charge in [0.2, 0.25) is 0 Å². The molecule has 2 saturated carbocycles. The van der Waals surface area contributed by atoms with Gasteiger partial charge < -0.3 is 14.2 Å². The average molecular weight is 380 g/mol. The molecule has 0 N–H and O–H groups in total. The van der Waals surface area contributed by atoms with Gasteiger partial charge in [0.1, 0.15) is 17.5 Å². The van der Waals surface area contributed by atoms with Crippen LogP contribution >= 0.6 is 0 Å². The topological polar surface area (TPSA) is 44.8 Å². The van der Waals surface area contributed by atoms with Gasteiger partial charge in [-0.25, -0.2) is 0 Å². The van der Waals surface area contributed by atoms with Crippen molar-refractivity contribution in [3.8, 4) is 11.5 Å². The van der Waals surface area contributed by atoms with Crippen LogP contribution in [0.5, 0.6) is 11.5 Å². The van der Waals surface area contributed by atoms with Gasteiger partial charge in [0.25, 0.3) is 0 Å². The average Bonchev–Trinajstić information content (AvgIpc) is 3.07. The normalized spacial score (nSPS) is 46.1. The van der Waals surface area contributed by atoms with Crippen molar-refractivity contribution in [2.75, 3.05) is 14.2 Å². The van der Waals surface area contributed by atoms with Crippen molar-refractivity contribution >= 4 is 5.78 Å². The molecule has 0 aromatic heterocycles. The minimum absolute atomic E-state index is 0.0312. The largest absolute Gasteiger partial charge is 0.493 e. The molecule has 5 aliphatic carbocycles. The fourth-order valence-corrected chi connectivity index (χ4v) is 8.06. The first kappa shape index (κ1) is 17.1. The number of hydrogen-bond acceptors (Lipinski definition) is 4. The lowest BCUT2D eigenvalue weighted by Crippen LogP contribution is -2.76. The summed E-state index contributed by atoms with van der Waals surface area (Å²) in [7, 11) is 3.45. The minimum Gasteiger partial charge on any atom is -0.493 e. The smallest absolute Gasteiger partial charge is 0.166 e. The molecule has 2 unspecified atom stereocenters. The third-order valence-corrected chi connectivity index (χ3v) is 9.15. The van der Waals surface area contributed by atoms with Crippen molar-refractivity contribution in [1.82, 2.24) is 0 Å². The second-order valence-corrected chi connectivity index (χ2v) is 9.73. The zero-order chi connectivity index (χ0) is 19.5. The molecule has 1 aromatic carbocycles. The fraction of sp³-hybridized carbons (Fsp3) is 0.625. The Hall–Kier alpha value is -1.81. The van der Waals surface area contributed by atoms with Crippen molar-refractivity contribution in [2.45, 2.75) is 56.7 Å². The molecule has 2 spiro atoms. The third kappa shape index (κ3) is 1.50. The van der Waals surface area contributed by atoms with E-state index in [1.165, 1.54) is 17.5 Å². The molecule has 0 amide bonds. The van der Waals surface area contributed by atoms with Gasteiger partial charge in [-0.2, -0.15) is 0 Å². The lowest BCUT2D eigenvalue weighted by atomic mass is 9.33. The molecule has 7 atom stereocenters. The number of methoxy groups -OCH3 is 2. The fourth-order valence-electron chi connectivity index (χ4n) is 8.06. The van der Waals surface area contributed by atoms with E-state index in [1.54, 1.807) is 21.1 Å². The van der Waals surface area contributed by atoms with E-state index < -0.39 is 5.60 Å². The second-order valence-electron chi connectivity index (χ2n) is 9.73. The Bertz CT molecular complexity index is 935. The number of ether oxygens (including phenoxy) is 3. The van der Waals surface area contributed by atoms with Crippen molar-refractivity contribution in [3.05, 3.63) is 35.4 Å². The van der Waals surface area contributed by atoms with Crippen LogP contribution in [0.15, 0.2) is 24.3 Å². The number of Topliss-reactive ketones (excluding diaryl/α,β-unsaturated/α-hetero) is 1. The van der Waals surface area contributed by atoms with E-state index in [0.29, 0.717) is 11.8 Å². The summed E-state index contributed by atoms with van der Waals surface area (Å²) in [5.41, 5.74) is 1.92. The molecule has 4 heteroatoms. The van der Waals surface area contributed by atoms with E-state index in [1.807, 2.05) is 0 Å². The van der Waals surface area contributed by atoms with Crippen LogP contribution in [0.3, 0.4) is 0 Å². The predicted molar refractivity (Wildman–Crippen MR) is 105 cm³/mol. The molecule has 1 heterocycles. The maximum atomic E-state index is 12.8. The highest BCUT2D eigenvalue weighted by Gasteiger charge is 2.79. The summed E-state index contributed by atoms with van der Waals surface area (Å²) in [5, 5.41) is 0. The van der Waals surface area contributed by atoms with Crippen LogP contribution in [-0.4, -0.2) is 31.7 Å². The van der Waals surface area contributed by atoms with E-state index >= 15 is 0 Å². The quantitative estimate of drug-likeness (QED) is 0.748. The number of rotatable bonds is 3. The van der Waals surface area contributed by atoms with Crippen molar-refractivity contribution in [1.29, 1.82) is 0 Å². The number of hydrogen-bond donors (Lipinski definition) is 0. The van der Waals surface area contributed by atoms with E-state index in [0.717, 1.165) is 30.8 Å². The summed E-state index contributed by atoms with van der Waals surface area (Å²) < 4.78 is 18.7. The van der Waals surface area contributed by atoms with E-state index in [4.69, 9.17) is 14.2 Å². The van der Waals surface area contributed by atoms with Crippen LogP contribution in [0.2, 0.25) is 0 Å². The highest BCUT2D eigenvalue weighted by atomic mass is 16.6. The SMILES string of the molecule is COc1ccc2c3c1O[C@H]1[C@@]4(OC)C=CC5(C[C@@H]4C(C)=O)[C@@H](C2)C(C)CC[C@]315. The van der Waals surface area contributed by atoms with Crippen molar-refractivity contribution < 1.29 is 19.0 Å². The van der Waals surface area contributed by atoms with Gasteiger partial charge in [0.05, 0.1) is 13.0 Å². The summed E-state index contributed by atoms with van der Waals surface area (Å²) in [6.07, 6.45) is 8.67. The maximum absolute atomic E-state index is 12.8. The Balaban J connectivity index is 1.72. The van der Waals surface area contributed by atoms with Gasteiger partial charge in [0.15, 0.2) is 11.5 Å². The summed E-state index contributed by atoms with van der Waals surface area (Å²) in [5.74, 6) is 2.93. The molecule has 0 saturated heterocycles. The Labute approximate surface area is 166 Å².